The van der Waals surface area contributed by atoms with Crippen LogP contribution in [0.2, 0.25) is 0 Å². The second-order valence-corrected chi connectivity index (χ2v) is 6.92. The minimum Gasteiger partial charge on any atom is -0.317 e. The van der Waals surface area contributed by atoms with E-state index in [0.29, 0.717) is 5.41 Å². The average molecular weight is 240 g/mol. The normalized spacial score (nSPS) is 18.9. The summed E-state index contributed by atoms with van der Waals surface area (Å²) in [6.07, 6.45) is 5.42. The summed E-state index contributed by atoms with van der Waals surface area (Å²) in [5.41, 5.74) is 0.447. The predicted octanol–water partition coefficient (Wildman–Crippen LogP) is 3.04. The average Bonchev–Trinajstić information content (AvgIpc) is 2.24. The highest BCUT2D eigenvalue weighted by Crippen LogP contribution is 2.24. The molecule has 0 radical (unpaired) electrons. The predicted molar refractivity (Wildman–Crippen MR) is 76.3 cm³/mol. The second kappa shape index (κ2) is 7.38. The third kappa shape index (κ3) is 7.05. The van der Waals surface area contributed by atoms with E-state index >= 15 is 0 Å². The van der Waals surface area contributed by atoms with E-state index in [-0.39, 0.29) is 0 Å². The van der Waals surface area contributed by atoms with Crippen LogP contribution >= 0.6 is 0 Å². The Bertz CT molecular complexity index is 193. The molecular formula is C15H32N2. The molecule has 0 saturated carbocycles. The van der Waals surface area contributed by atoms with Crippen molar-refractivity contribution in [2.75, 3.05) is 26.2 Å². The summed E-state index contributed by atoms with van der Waals surface area (Å²) in [4.78, 5) is 0. The molecular weight excluding hydrogens is 208 g/mol. The molecule has 17 heavy (non-hydrogen) atoms. The van der Waals surface area contributed by atoms with Crippen molar-refractivity contribution in [3.63, 3.8) is 0 Å². The highest BCUT2D eigenvalue weighted by Gasteiger charge is 2.19. The van der Waals surface area contributed by atoms with E-state index in [2.05, 4.69) is 38.3 Å². The second-order valence-electron chi connectivity index (χ2n) is 6.92. The van der Waals surface area contributed by atoms with Crippen LogP contribution in [0.3, 0.4) is 0 Å². The molecule has 2 nitrogen and oxygen atoms in total. The van der Waals surface area contributed by atoms with Gasteiger partial charge in [0.05, 0.1) is 0 Å². The summed E-state index contributed by atoms with van der Waals surface area (Å²) in [5.74, 6) is 1.76. The van der Waals surface area contributed by atoms with Crippen molar-refractivity contribution in [2.45, 2.75) is 53.4 Å². The van der Waals surface area contributed by atoms with Gasteiger partial charge in [0.25, 0.3) is 0 Å². The number of piperidine rings is 1. The Kier molecular flexibility index (Phi) is 6.50. The van der Waals surface area contributed by atoms with Crippen molar-refractivity contribution < 1.29 is 0 Å². The zero-order chi connectivity index (χ0) is 12.7. The molecule has 1 aliphatic rings. The maximum atomic E-state index is 3.66. The van der Waals surface area contributed by atoms with Crippen LogP contribution in [-0.4, -0.2) is 26.2 Å². The van der Waals surface area contributed by atoms with Gasteiger partial charge >= 0.3 is 0 Å². The molecule has 0 atom stereocenters. The molecule has 1 heterocycles. The van der Waals surface area contributed by atoms with Gasteiger partial charge in [0.1, 0.15) is 0 Å². The highest BCUT2D eigenvalue weighted by molar-refractivity contribution is 4.74. The Morgan fingerprint density at radius 2 is 1.88 bits per heavy atom. The standard InChI is InChI=1S/C15H32N2/c1-13(2)11-15(3,4)12-17-10-7-14-5-8-16-9-6-14/h13-14,16-17H,5-12H2,1-4H3. The van der Waals surface area contributed by atoms with E-state index in [1.165, 1.54) is 45.3 Å². The summed E-state index contributed by atoms with van der Waals surface area (Å²) in [5, 5.41) is 7.09. The van der Waals surface area contributed by atoms with Gasteiger partial charge in [-0.15, -0.1) is 0 Å². The molecule has 0 aromatic heterocycles. The Morgan fingerprint density at radius 3 is 2.47 bits per heavy atom. The Hall–Kier alpha value is -0.0800. The lowest BCUT2D eigenvalue weighted by Crippen LogP contribution is -2.33. The molecule has 0 unspecified atom stereocenters. The molecule has 0 bridgehead atoms. The number of rotatable bonds is 7. The summed E-state index contributed by atoms with van der Waals surface area (Å²) in [7, 11) is 0. The third-order valence-corrected chi connectivity index (χ3v) is 3.75. The maximum Gasteiger partial charge on any atom is 0.000262 e. The van der Waals surface area contributed by atoms with Gasteiger partial charge in [-0.2, -0.15) is 0 Å². The van der Waals surface area contributed by atoms with Crippen molar-refractivity contribution >= 4 is 0 Å². The van der Waals surface area contributed by atoms with Crippen molar-refractivity contribution in [1.82, 2.24) is 10.6 Å². The van der Waals surface area contributed by atoms with Gasteiger partial charge in [-0.25, -0.2) is 0 Å². The molecule has 1 aliphatic heterocycles. The molecule has 0 aliphatic carbocycles. The third-order valence-electron chi connectivity index (χ3n) is 3.75. The number of hydrogen-bond acceptors (Lipinski definition) is 2. The fraction of sp³-hybridized carbons (Fsp3) is 1.00. The summed E-state index contributed by atoms with van der Waals surface area (Å²) >= 11 is 0. The molecule has 1 saturated heterocycles. The fourth-order valence-corrected chi connectivity index (χ4v) is 3.08. The minimum absolute atomic E-state index is 0.447. The van der Waals surface area contributed by atoms with Crippen LogP contribution in [0, 0.1) is 17.3 Å². The van der Waals surface area contributed by atoms with Crippen molar-refractivity contribution in [3.05, 3.63) is 0 Å². The first-order valence-electron chi connectivity index (χ1n) is 7.41. The van der Waals surface area contributed by atoms with Crippen LogP contribution in [-0.2, 0) is 0 Å². The monoisotopic (exact) mass is 240 g/mol. The van der Waals surface area contributed by atoms with E-state index < -0.39 is 0 Å². The zero-order valence-corrected chi connectivity index (χ0v) is 12.3. The molecule has 2 heteroatoms. The first-order chi connectivity index (χ1) is 7.99. The lowest BCUT2D eigenvalue weighted by molar-refractivity contribution is 0.266. The van der Waals surface area contributed by atoms with E-state index in [0.717, 1.165) is 18.4 Å². The molecule has 0 aromatic rings. The van der Waals surface area contributed by atoms with Crippen molar-refractivity contribution in [3.8, 4) is 0 Å². The van der Waals surface area contributed by atoms with Gasteiger partial charge in [-0.1, -0.05) is 27.7 Å². The Balaban J connectivity index is 2.06. The van der Waals surface area contributed by atoms with E-state index in [4.69, 9.17) is 0 Å². The van der Waals surface area contributed by atoms with Crippen LogP contribution in [0.4, 0.5) is 0 Å². The van der Waals surface area contributed by atoms with Gasteiger partial charge in [0, 0.05) is 6.54 Å². The largest absolute Gasteiger partial charge is 0.317 e. The van der Waals surface area contributed by atoms with Crippen LogP contribution in [0.5, 0.6) is 0 Å². The van der Waals surface area contributed by atoms with E-state index in [1.54, 1.807) is 0 Å². The topological polar surface area (TPSA) is 24.1 Å². The van der Waals surface area contributed by atoms with Crippen molar-refractivity contribution in [1.29, 1.82) is 0 Å². The van der Waals surface area contributed by atoms with Crippen LogP contribution < -0.4 is 10.6 Å². The van der Waals surface area contributed by atoms with Gasteiger partial charge in [0.2, 0.25) is 0 Å². The molecule has 2 N–H and O–H groups in total. The Labute approximate surface area is 108 Å². The molecule has 0 spiro atoms. The fourth-order valence-electron chi connectivity index (χ4n) is 3.08. The van der Waals surface area contributed by atoms with Crippen LogP contribution in [0.25, 0.3) is 0 Å². The summed E-state index contributed by atoms with van der Waals surface area (Å²) < 4.78 is 0. The van der Waals surface area contributed by atoms with Gasteiger partial charge in [0.15, 0.2) is 0 Å². The smallest absolute Gasteiger partial charge is 0.000262 e. The number of hydrogen-bond donors (Lipinski definition) is 2. The first-order valence-corrected chi connectivity index (χ1v) is 7.41. The molecule has 1 fully saturated rings. The quantitative estimate of drug-likeness (QED) is 0.668. The van der Waals surface area contributed by atoms with Crippen LogP contribution in [0.1, 0.15) is 53.4 Å². The molecule has 0 amide bonds. The van der Waals surface area contributed by atoms with Crippen LogP contribution in [0.15, 0.2) is 0 Å². The zero-order valence-electron chi connectivity index (χ0n) is 12.3. The Morgan fingerprint density at radius 1 is 1.24 bits per heavy atom. The lowest BCUT2D eigenvalue weighted by atomic mass is 9.84. The first kappa shape index (κ1) is 15.0. The van der Waals surface area contributed by atoms with Gasteiger partial charge in [-0.05, 0) is 62.6 Å². The van der Waals surface area contributed by atoms with Gasteiger partial charge in [-0.3, -0.25) is 0 Å². The number of nitrogens with one attached hydrogen (secondary N) is 2. The lowest BCUT2D eigenvalue weighted by Gasteiger charge is -2.28. The van der Waals surface area contributed by atoms with Crippen molar-refractivity contribution in [2.24, 2.45) is 17.3 Å². The maximum absolute atomic E-state index is 3.66. The summed E-state index contributed by atoms with van der Waals surface area (Å²) in [6, 6.07) is 0. The SMILES string of the molecule is CC(C)CC(C)(C)CNCCC1CCNCC1. The van der Waals surface area contributed by atoms with E-state index in [1.807, 2.05) is 0 Å². The molecule has 102 valence electrons. The highest BCUT2D eigenvalue weighted by atomic mass is 14.9. The molecule has 1 rings (SSSR count). The summed E-state index contributed by atoms with van der Waals surface area (Å²) in [6.45, 7) is 14.2. The minimum atomic E-state index is 0.447. The van der Waals surface area contributed by atoms with E-state index in [9.17, 15) is 0 Å². The molecule has 0 aromatic carbocycles. The van der Waals surface area contributed by atoms with Gasteiger partial charge < -0.3 is 10.6 Å².